The second-order valence-electron chi connectivity index (χ2n) is 6.35. The molecule has 1 aliphatic rings. The highest BCUT2D eigenvalue weighted by molar-refractivity contribution is 8.00. The molecule has 0 aliphatic carbocycles. The van der Waals surface area contributed by atoms with Crippen molar-refractivity contribution in [2.75, 3.05) is 18.7 Å². The molecule has 0 bridgehead atoms. The highest BCUT2D eigenvalue weighted by atomic mass is 32.2. The summed E-state index contributed by atoms with van der Waals surface area (Å²) < 4.78 is 36.4. The fourth-order valence-corrected chi connectivity index (χ4v) is 4.81. The molecule has 1 aromatic carbocycles. The minimum absolute atomic E-state index is 0.0724. The van der Waals surface area contributed by atoms with Crippen LogP contribution in [0.2, 0.25) is 0 Å². The molecule has 0 spiro atoms. The maximum Gasteiger partial charge on any atom is 0.350 e. The van der Waals surface area contributed by atoms with E-state index in [1.54, 1.807) is 36.2 Å². The van der Waals surface area contributed by atoms with Crippen LogP contribution in [0.25, 0.3) is 0 Å². The lowest BCUT2D eigenvalue weighted by molar-refractivity contribution is 0.119. The molecule has 152 valence electrons. The number of benzene rings is 1. The fraction of sp³-hybridized carbons (Fsp3) is 0.444. The molecule has 0 amide bonds. The van der Waals surface area contributed by atoms with Gasteiger partial charge in [0.25, 0.3) is 10.1 Å². The van der Waals surface area contributed by atoms with Crippen LogP contribution in [0.5, 0.6) is 0 Å². The molecule has 3 rings (SSSR count). The van der Waals surface area contributed by atoms with Gasteiger partial charge in [0.15, 0.2) is 0 Å². The Morgan fingerprint density at radius 3 is 2.75 bits per heavy atom. The van der Waals surface area contributed by atoms with Gasteiger partial charge >= 0.3 is 5.69 Å². The number of anilines is 1. The van der Waals surface area contributed by atoms with Gasteiger partial charge in [0.1, 0.15) is 23.4 Å². The number of nitrogens with zero attached hydrogens (tertiary/aromatic N) is 2. The zero-order chi connectivity index (χ0) is 20.1. The van der Waals surface area contributed by atoms with Crippen molar-refractivity contribution < 1.29 is 17.3 Å². The summed E-state index contributed by atoms with van der Waals surface area (Å²) in [7, 11) is -3.88. The van der Waals surface area contributed by atoms with Gasteiger partial charge in [-0.1, -0.05) is 31.0 Å². The van der Waals surface area contributed by atoms with Crippen molar-refractivity contribution in [3.8, 4) is 0 Å². The van der Waals surface area contributed by atoms with E-state index < -0.39 is 15.8 Å². The topological polar surface area (TPSA) is 99.5 Å². The van der Waals surface area contributed by atoms with E-state index in [4.69, 9.17) is 8.92 Å². The van der Waals surface area contributed by atoms with Gasteiger partial charge in [0.2, 0.25) is 0 Å². The third-order valence-electron chi connectivity index (χ3n) is 4.18. The minimum Gasteiger partial charge on any atom is -0.364 e. The maximum absolute atomic E-state index is 12.3. The van der Waals surface area contributed by atoms with Gasteiger partial charge < -0.3 is 10.1 Å². The zero-order valence-corrected chi connectivity index (χ0v) is 17.3. The summed E-state index contributed by atoms with van der Waals surface area (Å²) in [5.41, 5.74) is 0.624. The zero-order valence-electron chi connectivity index (χ0n) is 15.7. The highest BCUT2D eigenvalue weighted by Gasteiger charge is 2.27. The van der Waals surface area contributed by atoms with E-state index in [2.05, 4.69) is 17.2 Å². The van der Waals surface area contributed by atoms with Gasteiger partial charge in [0.05, 0.1) is 11.5 Å². The molecule has 1 aromatic heterocycles. The molecule has 0 radical (unpaired) electrons. The van der Waals surface area contributed by atoms with Crippen LogP contribution in [0.3, 0.4) is 0 Å². The van der Waals surface area contributed by atoms with Crippen molar-refractivity contribution in [1.29, 1.82) is 0 Å². The summed E-state index contributed by atoms with van der Waals surface area (Å²) in [6.45, 7) is 4.09. The van der Waals surface area contributed by atoms with E-state index >= 15 is 0 Å². The molecule has 2 atom stereocenters. The van der Waals surface area contributed by atoms with Gasteiger partial charge in [-0.2, -0.15) is 13.4 Å². The lowest BCUT2D eigenvalue weighted by atomic mass is 10.2. The van der Waals surface area contributed by atoms with Crippen molar-refractivity contribution in [2.24, 2.45) is 0 Å². The van der Waals surface area contributed by atoms with Crippen molar-refractivity contribution in [3.63, 3.8) is 0 Å². The second-order valence-corrected chi connectivity index (χ2v) is 9.31. The monoisotopic (exact) mass is 425 g/mol. The molecule has 28 heavy (non-hydrogen) atoms. The molecule has 1 aliphatic heterocycles. The standard InChI is InChI=1S/C18H23N3O5S2/c1-3-4-17-25-11-16(27-17)21-10-9-15(20-18(21)22)19-12-26-28(23,24)14-7-5-13(2)6-8-14/h5-10,16-17H,3-4,11-12H2,1-2H3,(H,19,20,22). The van der Waals surface area contributed by atoms with Gasteiger partial charge in [-0.25, -0.2) is 8.98 Å². The first-order valence-corrected chi connectivity index (χ1v) is 11.3. The number of hydrogen-bond donors (Lipinski definition) is 1. The van der Waals surface area contributed by atoms with Gasteiger partial charge in [-0.15, -0.1) is 11.8 Å². The summed E-state index contributed by atoms with van der Waals surface area (Å²) in [6.07, 6.45) is 3.59. The first-order valence-electron chi connectivity index (χ1n) is 8.95. The summed E-state index contributed by atoms with van der Waals surface area (Å²) in [4.78, 5) is 16.3. The van der Waals surface area contributed by atoms with Crippen LogP contribution in [0.1, 0.15) is 30.7 Å². The van der Waals surface area contributed by atoms with Gasteiger partial charge in [-0.05, 0) is 31.5 Å². The summed E-state index contributed by atoms with van der Waals surface area (Å²) in [5.74, 6) is 0.245. The Bertz CT molecular complexity index is 960. The van der Waals surface area contributed by atoms with Crippen molar-refractivity contribution >= 4 is 27.7 Å². The van der Waals surface area contributed by atoms with E-state index in [1.807, 2.05) is 6.92 Å². The average molecular weight is 426 g/mol. The summed E-state index contributed by atoms with van der Waals surface area (Å²) >= 11 is 1.60. The molecular weight excluding hydrogens is 402 g/mol. The molecule has 1 N–H and O–H groups in total. The van der Waals surface area contributed by atoms with E-state index in [-0.39, 0.29) is 28.3 Å². The maximum atomic E-state index is 12.3. The second kappa shape index (κ2) is 9.08. The molecule has 8 nitrogen and oxygen atoms in total. The quantitative estimate of drug-likeness (QED) is 0.509. The number of hydrogen-bond acceptors (Lipinski definition) is 8. The summed E-state index contributed by atoms with van der Waals surface area (Å²) in [5, 5.41) is 2.60. The van der Waals surface area contributed by atoms with Crippen LogP contribution in [0.4, 0.5) is 5.82 Å². The van der Waals surface area contributed by atoms with Crippen LogP contribution in [0, 0.1) is 6.92 Å². The Morgan fingerprint density at radius 2 is 2.07 bits per heavy atom. The number of aromatic nitrogens is 2. The Balaban J connectivity index is 1.58. The molecule has 2 aromatic rings. The molecule has 10 heteroatoms. The van der Waals surface area contributed by atoms with E-state index in [0.29, 0.717) is 6.61 Å². The number of nitrogens with one attached hydrogen (secondary N) is 1. The highest BCUT2D eigenvalue weighted by Crippen LogP contribution is 2.36. The third kappa shape index (κ3) is 5.13. The smallest absolute Gasteiger partial charge is 0.350 e. The van der Waals surface area contributed by atoms with Crippen LogP contribution in [0.15, 0.2) is 46.2 Å². The normalized spacial score (nSPS) is 19.6. The molecule has 1 fully saturated rings. The lowest BCUT2D eigenvalue weighted by Gasteiger charge is -2.12. The molecule has 2 heterocycles. The van der Waals surface area contributed by atoms with E-state index in [1.165, 1.54) is 16.7 Å². The Labute approximate surface area is 168 Å². The van der Waals surface area contributed by atoms with Crippen LogP contribution < -0.4 is 11.0 Å². The number of aryl methyl sites for hydroxylation is 1. The van der Waals surface area contributed by atoms with Crippen LogP contribution in [-0.2, 0) is 19.0 Å². The van der Waals surface area contributed by atoms with Gasteiger partial charge in [-0.3, -0.25) is 4.57 Å². The first-order chi connectivity index (χ1) is 13.4. The van der Waals surface area contributed by atoms with Gasteiger partial charge in [0, 0.05) is 6.20 Å². The van der Waals surface area contributed by atoms with Crippen LogP contribution in [-0.4, -0.2) is 36.7 Å². The number of thioether (sulfide) groups is 1. The lowest BCUT2D eigenvalue weighted by Crippen LogP contribution is -2.26. The van der Waals surface area contributed by atoms with Crippen molar-refractivity contribution in [2.45, 2.75) is 42.4 Å². The predicted octanol–water partition coefficient (Wildman–Crippen LogP) is 2.71. The third-order valence-corrected chi connectivity index (χ3v) is 6.81. The first kappa shape index (κ1) is 20.8. The van der Waals surface area contributed by atoms with Crippen molar-refractivity contribution in [1.82, 2.24) is 9.55 Å². The number of ether oxygens (including phenoxy) is 1. The molecular formula is C18H23N3O5S2. The van der Waals surface area contributed by atoms with Crippen molar-refractivity contribution in [3.05, 3.63) is 52.6 Å². The number of rotatable bonds is 8. The molecule has 2 unspecified atom stereocenters. The Morgan fingerprint density at radius 1 is 1.32 bits per heavy atom. The Hall–Kier alpha value is -1.88. The predicted molar refractivity (Wildman–Crippen MR) is 108 cm³/mol. The summed E-state index contributed by atoms with van der Waals surface area (Å²) in [6, 6.07) is 7.97. The SMILES string of the molecule is CCCC1OCC(n2ccc(NCOS(=O)(=O)c3ccc(C)cc3)nc2=O)S1. The molecule has 1 saturated heterocycles. The van der Waals surface area contributed by atoms with E-state index in [9.17, 15) is 13.2 Å². The Kier molecular flexibility index (Phi) is 6.76. The average Bonchev–Trinajstić information content (AvgIpc) is 3.11. The van der Waals surface area contributed by atoms with E-state index in [0.717, 1.165) is 18.4 Å². The molecule has 0 saturated carbocycles. The largest absolute Gasteiger partial charge is 0.364 e. The fourth-order valence-electron chi connectivity index (χ4n) is 2.66. The minimum atomic E-state index is -3.88. The van der Waals surface area contributed by atoms with Crippen LogP contribution >= 0.6 is 11.8 Å².